The minimum absolute atomic E-state index is 0.0708. The Balaban J connectivity index is 1.36. The first-order valence-electron chi connectivity index (χ1n) is 9.42. The largest absolute Gasteiger partial charge is 0.293 e. The first kappa shape index (κ1) is 17.8. The van der Waals surface area contributed by atoms with E-state index in [9.17, 15) is 4.79 Å². The molecule has 4 aromatic rings. The molecule has 0 saturated carbocycles. The summed E-state index contributed by atoms with van der Waals surface area (Å²) in [6, 6.07) is 22.3. The summed E-state index contributed by atoms with van der Waals surface area (Å²) in [6.07, 6.45) is 0.930. The van der Waals surface area contributed by atoms with Gasteiger partial charge < -0.3 is 0 Å². The van der Waals surface area contributed by atoms with Crippen LogP contribution >= 0.6 is 11.8 Å². The van der Waals surface area contributed by atoms with E-state index < -0.39 is 0 Å². The van der Waals surface area contributed by atoms with E-state index in [4.69, 9.17) is 0 Å². The van der Waals surface area contributed by atoms with Crippen molar-refractivity contribution in [2.24, 2.45) is 0 Å². The fourth-order valence-electron chi connectivity index (χ4n) is 3.73. The zero-order valence-corrected chi connectivity index (χ0v) is 16.7. The molecule has 0 N–H and O–H groups in total. The van der Waals surface area contributed by atoms with Gasteiger partial charge in [0.1, 0.15) is 0 Å². The van der Waals surface area contributed by atoms with Crippen molar-refractivity contribution in [1.29, 1.82) is 0 Å². The molecule has 1 aliphatic rings. The van der Waals surface area contributed by atoms with Crippen LogP contribution in [0, 0.1) is 6.92 Å². The first-order valence-corrected chi connectivity index (χ1v) is 10.4. The van der Waals surface area contributed by atoms with Crippen molar-refractivity contribution < 1.29 is 4.79 Å². The SMILES string of the molecule is Cc1ccccc1-n1nnnc1SCC(=O)c1ccc2c(c1)-c1ccccc1C2. The summed E-state index contributed by atoms with van der Waals surface area (Å²) in [5.74, 6) is 0.355. The summed E-state index contributed by atoms with van der Waals surface area (Å²) in [5, 5.41) is 12.6. The molecule has 0 saturated heterocycles. The summed E-state index contributed by atoms with van der Waals surface area (Å²) >= 11 is 1.36. The number of hydrogen-bond acceptors (Lipinski definition) is 5. The Morgan fingerprint density at radius 3 is 2.69 bits per heavy atom. The molecule has 0 aliphatic heterocycles. The van der Waals surface area contributed by atoms with Crippen LogP contribution < -0.4 is 0 Å². The first-order chi connectivity index (χ1) is 14.2. The lowest BCUT2D eigenvalue weighted by atomic mass is 10.0. The number of Topliss-reactive ketones (excluding diaryl/α,β-unsaturated/α-hetero) is 1. The summed E-state index contributed by atoms with van der Waals surface area (Å²) in [7, 11) is 0. The number of benzene rings is 3. The van der Waals surface area contributed by atoms with E-state index in [1.165, 1.54) is 34.0 Å². The van der Waals surface area contributed by atoms with Gasteiger partial charge in [0, 0.05) is 5.56 Å². The van der Waals surface area contributed by atoms with E-state index in [1.807, 2.05) is 49.4 Å². The van der Waals surface area contributed by atoms with Gasteiger partial charge in [0.25, 0.3) is 0 Å². The average Bonchev–Trinajstić information content (AvgIpc) is 3.36. The lowest BCUT2D eigenvalue weighted by Gasteiger charge is -2.07. The topological polar surface area (TPSA) is 60.7 Å². The van der Waals surface area contributed by atoms with Crippen LogP contribution in [0.3, 0.4) is 0 Å². The Morgan fingerprint density at radius 2 is 1.79 bits per heavy atom. The van der Waals surface area contributed by atoms with Gasteiger partial charge in [-0.15, -0.1) is 5.10 Å². The molecular formula is C23H18N4OS. The van der Waals surface area contributed by atoms with Gasteiger partial charge in [-0.2, -0.15) is 4.68 Å². The molecule has 0 bridgehead atoms. The molecule has 1 aromatic heterocycles. The second-order valence-electron chi connectivity index (χ2n) is 7.08. The van der Waals surface area contributed by atoms with E-state index in [0.29, 0.717) is 5.16 Å². The fraction of sp³-hybridized carbons (Fsp3) is 0.130. The van der Waals surface area contributed by atoms with Crippen LogP contribution in [0.15, 0.2) is 71.9 Å². The highest BCUT2D eigenvalue weighted by molar-refractivity contribution is 7.99. The quantitative estimate of drug-likeness (QED) is 0.322. The smallest absolute Gasteiger partial charge is 0.214 e. The van der Waals surface area contributed by atoms with E-state index in [2.05, 4.69) is 39.8 Å². The predicted octanol–water partition coefficient (Wildman–Crippen LogP) is 4.52. The number of hydrogen-bond donors (Lipinski definition) is 0. The number of carbonyl (C=O) groups excluding carboxylic acids is 1. The third-order valence-corrected chi connectivity index (χ3v) is 6.16. The normalized spacial score (nSPS) is 11.9. The van der Waals surface area contributed by atoms with Gasteiger partial charge in [-0.1, -0.05) is 66.4 Å². The minimum atomic E-state index is 0.0708. The number of fused-ring (bicyclic) bond motifs is 3. The molecule has 29 heavy (non-hydrogen) atoms. The number of ketones is 1. The number of rotatable bonds is 5. The van der Waals surface area contributed by atoms with Gasteiger partial charge in [-0.3, -0.25) is 4.79 Å². The molecule has 0 spiro atoms. The van der Waals surface area contributed by atoms with Crippen molar-refractivity contribution >= 4 is 17.5 Å². The third kappa shape index (κ3) is 3.25. The Hall–Kier alpha value is -3.25. The van der Waals surface area contributed by atoms with Crippen molar-refractivity contribution in [3.8, 4) is 16.8 Å². The van der Waals surface area contributed by atoms with Crippen molar-refractivity contribution in [2.75, 3.05) is 5.75 Å². The molecule has 0 radical (unpaired) electrons. The molecule has 142 valence electrons. The van der Waals surface area contributed by atoms with Gasteiger partial charge in [-0.05, 0) is 63.7 Å². The highest BCUT2D eigenvalue weighted by Gasteiger charge is 2.20. The maximum atomic E-state index is 12.9. The Labute approximate surface area is 172 Å². The molecule has 3 aromatic carbocycles. The maximum absolute atomic E-state index is 12.9. The lowest BCUT2D eigenvalue weighted by Crippen LogP contribution is -2.06. The molecule has 0 atom stereocenters. The number of para-hydroxylation sites is 1. The third-order valence-electron chi connectivity index (χ3n) is 5.24. The van der Waals surface area contributed by atoms with Crippen molar-refractivity contribution in [2.45, 2.75) is 18.5 Å². The zero-order chi connectivity index (χ0) is 19.8. The van der Waals surface area contributed by atoms with Crippen LogP contribution in [0.5, 0.6) is 0 Å². The van der Waals surface area contributed by atoms with Crippen molar-refractivity contribution in [3.63, 3.8) is 0 Å². The van der Waals surface area contributed by atoms with Crippen LogP contribution in [-0.2, 0) is 6.42 Å². The van der Waals surface area contributed by atoms with Crippen LogP contribution in [0.1, 0.15) is 27.0 Å². The van der Waals surface area contributed by atoms with Gasteiger partial charge in [0.15, 0.2) is 5.78 Å². The monoisotopic (exact) mass is 398 g/mol. The number of carbonyl (C=O) groups is 1. The average molecular weight is 398 g/mol. The number of tetrazole rings is 1. The van der Waals surface area contributed by atoms with Crippen LogP contribution in [0.2, 0.25) is 0 Å². The maximum Gasteiger partial charge on any atom is 0.214 e. The Kier molecular flexibility index (Phi) is 4.48. The van der Waals surface area contributed by atoms with Gasteiger partial charge in [0.05, 0.1) is 11.4 Å². The number of thioether (sulfide) groups is 1. The van der Waals surface area contributed by atoms with Crippen LogP contribution in [0.4, 0.5) is 0 Å². The highest BCUT2D eigenvalue weighted by atomic mass is 32.2. The number of nitrogens with zero attached hydrogens (tertiary/aromatic N) is 4. The second kappa shape index (κ2) is 7.29. The van der Waals surface area contributed by atoms with E-state index in [0.717, 1.165) is 23.2 Å². The molecule has 1 aliphatic carbocycles. The van der Waals surface area contributed by atoms with E-state index in [1.54, 1.807) is 4.68 Å². The minimum Gasteiger partial charge on any atom is -0.293 e. The zero-order valence-electron chi connectivity index (χ0n) is 15.9. The van der Waals surface area contributed by atoms with Crippen molar-refractivity contribution in [1.82, 2.24) is 20.2 Å². The predicted molar refractivity (Wildman–Crippen MR) is 114 cm³/mol. The van der Waals surface area contributed by atoms with Crippen LogP contribution in [0.25, 0.3) is 16.8 Å². The molecule has 0 unspecified atom stereocenters. The molecule has 0 fully saturated rings. The molecule has 5 rings (SSSR count). The standard InChI is InChI=1S/C23H18N4OS/c1-15-6-2-5-9-21(15)27-23(24-25-26-27)29-14-22(28)18-11-10-17-12-16-7-3-4-8-19(16)20(17)13-18/h2-11,13H,12,14H2,1H3. The Morgan fingerprint density at radius 1 is 1.00 bits per heavy atom. The number of aromatic nitrogens is 4. The summed E-state index contributed by atoms with van der Waals surface area (Å²) in [5.41, 5.74) is 7.71. The molecule has 5 nitrogen and oxygen atoms in total. The fourth-order valence-corrected chi connectivity index (χ4v) is 4.51. The van der Waals surface area contributed by atoms with E-state index >= 15 is 0 Å². The summed E-state index contributed by atoms with van der Waals surface area (Å²) in [6.45, 7) is 2.01. The van der Waals surface area contributed by atoms with Gasteiger partial charge in [0.2, 0.25) is 5.16 Å². The van der Waals surface area contributed by atoms with E-state index in [-0.39, 0.29) is 11.5 Å². The van der Waals surface area contributed by atoms with Gasteiger partial charge in [-0.25, -0.2) is 0 Å². The second-order valence-corrected chi connectivity index (χ2v) is 8.02. The molecule has 0 amide bonds. The van der Waals surface area contributed by atoms with Crippen molar-refractivity contribution in [3.05, 3.63) is 89.0 Å². The van der Waals surface area contributed by atoms with Gasteiger partial charge >= 0.3 is 0 Å². The number of aryl methyl sites for hydroxylation is 1. The highest BCUT2D eigenvalue weighted by Crippen LogP contribution is 2.37. The molecule has 6 heteroatoms. The molecular weight excluding hydrogens is 380 g/mol. The Bertz CT molecular complexity index is 1230. The summed E-state index contributed by atoms with van der Waals surface area (Å²) < 4.78 is 1.69. The summed E-state index contributed by atoms with van der Waals surface area (Å²) in [4.78, 5) is 12.9. The van der Waals surface area contributed by atoms with Crippen LogP contribution in [-0.4, -0.2) is 31.7 Å². The molecule has 1 heterocycles. The lowest BCUT2D eigenvalue weighted by molar-refractivity contribution is 0.102.